The van der Waals surface area contributed by atoms with Crippen molar-refractivity contribution in [2.24, 2.45) is 5.92 Å². The quantitative estimate of drug-likeness (QED) is 0.662. The van der Waals surface area contributed by atoms with E-state index in [-0.39, 0.29) is 0 Å². The van der Waals surface area contributed by atoms with Gasteiger partial charge in [0.25, 0.3) is 5.91 Å². The van der Waals surface area contributed by atoms with Gasteiger partial charge in [0.1, 0.15) is 13.2 Å². The summed E-state index contributed by atoms with van der Waals surface area (Å²) in [6.07, 6.45) is 1.94. The number of nitrogens with one attached hydrogen (secondary N) is 1. The summed E-state index contributed by atoms with van der Waals surface area (Å²) >= 11 is 0. The van der Waals surface area contributed by atoms with Crippen molar-refractivity contribution in [3.05, 3.63) is 0 Å². The molecule has 0 aromatic rings. The Hall–Kier alpha value is -1.63. The van der Waals surface area contributed by atoms with E-state index in [4.69, 9.17) is 5.11 Å². The lowest BCUT2D eigenvalue weighted by Gasteiger charge is -2.25. The topological polar surface area (TPSA) is 95.9 Å². The molecule has 0 atom stereocenters. The number of imide groups is 1. The van der Waals surface area contributed by atoms with Gasteiger partial charge in [-0.15, -0.1) is 0 Å². The zero-order valence-electron chi connectivity index (χ0n) is 12.3. The predicted molar refractivity (Wildman–Crippen MR) is 73.3 cm³/mol. The third-order valence-corrected chi connectivity index (χ3v) is 3.01. The van der Waals surface area contributed by atoms with Crippen molar-refractivity contribution < 1.29 is 24.2 Å². The van der Waals surface area contributed by atoms with Crippen LogP contribution in [0.25, 0.3) is 0 Å². The molecule has 0 aromatic heterocycles. The van der Waals surface area contributed by atoms with Gasteiger partial charge >= 0.3 is 12.0 Å². The van der Waals surface area contributed by atoms with Gasteiger partial charge in [0, 0.05) is 13.1 Å². The molecule has 0 aliphatic heterocycles. The SMILES string of the molecule is CCC(CC)CN(CC)C(=O)NC(=O)COCC(=O)O. The van der Waals surface area contributed by atoms with Crippen molar-refractivity contribution >= 4 is 17.9 Å². The Kier molecular flexibility index (Phi) is 9.36. The van der Waals surface area contributed by atoms with E-state index >= 15 is 0 Å². The van der Waals surface area contributed by atoms with E-state index in [9.17, 15) is 14.4 Å². The zero-order chi connectivity index (χ0) is 15.5. The summed E-state index contributed by atoms with van der Waals surface area (Å²) in [5, 5.41) is 10.5. The van der Waals surface area contributed by atoms with E-state index in [1.54, 1.807) is 4.90 Å². The Labute approximate surface area is 119 Å². The standard InChI is InChI=1S/C13H24N2O5/c1-4-10(5-2)7-15(6-3)13(19)14-11(16)8-20-9-12(17)18/h10H,4-9H2,1-3H3,(H,17,18)(H,14,16,19). The molecule has 0 bridgehead atoms. The van der Waals surface area contributed by atoms with Gasteiger partial charge in [-0.2, -0.15) is 0 Å². The number of rotatable bonds is 9. The fourth-order valence-corrected chi connectivity index (χ4v) is 1.68. The van der Waals surface area contributed by atoms with Crippen molar-refractivity contribution in [2.75, 3.05) is 26.3 Å². The molecule has 0 saturated heterocycles. The molecule has 3 amide bonds. The Balaban J connectivity index is 4.19. The molecule has 7 nitrogen and oxygen atoms in total. The molecule has 0 aliphatic carbocycles. The minimum atomic E-state index is -1.16. The summed E-state index contributed by atoms with van der Waals surface area (Å²) in [6, 6.07) is -0.469. The van der Waals surface area contributed by atoms with Crippen LogP contribution in [0.2, 0.25) is 0 Å². The summed E-state index contributed by atoms with van der Waals surface area (Å²) in [5.41, 5.74) is 0. The van der Waals surface area contributed by atoms with Crippen molar-refractivity contribution in [3.63, 3.8) is 0 Å². The van der Waals surface area contributed by atoms with Crippen molar-refractivity contribution in [2.45, 2.75) is 33.6 Å². The average molecular weight is 288 g/mol. The molecule has 0 unspecified atom stereocenters. The Morgan fingerprint density at radius 2 is 1.75 bits per heavy atom. The summed E-state index contributed by atoms with van der Waals surface area (Å²) in [4.78, 5) is 35.1. The third kappa shape index (κ3) is 7.73. The number of amides is 3. The van der Waals surface area contributed by atoms with E-state index < -0.39 is 31.1 Å². The first-order valence-electron chi connectivity index (χ1n) is 6.82. The highest BCUT2D eigenvalue weighted by molar-refractivity contribution is 5.95. The maximum atomic E-state index is 11.9. The normalized spacial score (nSPS) is 10.4. The van der Waals surface area contributed by atoms with Crippen LogP contribution in [0.1, 0.15) is 33.6 Å². The van der Waals surface area contributed by atoms with E-state index in [0.717, 1.165) is 12.8 Å². The molecule has 0 radical (unpaired) electrons. The first kappa shape index (κ1) is 18.4. The average Bonchev–Trinajstić information content (AvgIpc) is 2.39. The number of aliphatic carboxylic acids is 1. The maximum absolute atomic E-state index is 11.9. The largest absolute Gasteiger partial charge is 0.480 e. The van der Waals surface area contributed by atoms with Gasteiger partial charge in [0.2, 0.25) is 0 Å². The number of urea groups is 1. The lowest BCUT2D eigenvalue weighted by atomic mass is 10.0. The number of ether oxygens (including phenoxy) is 1. The molecule has 0 heterocycles. The smallest absolute Gasteiger partial charge is 0.329 e. The first-order valence-corrected chi connectivity index (χ1v) is 6.82. The van der Waals surface area contributed by atoms with Gasteiger partial charge in [-0.1, -0.05) is 26.7 Å². The van der Waals surface area contributed by atoms with Gasteiger partial charge < -0.3 is 14.7 Å². The first-order chi connectivity index (χ1) is 9.44. The molecule has 0 saturated carbocycles. The third-order valence-electron chi connectivity index (χ3n) is 3.01. The van der Waals surface area contributed by atoms with Gasteiger partial charge in [-0.05, 0) is 12.8 Å². The van der Waals surface area contributed by atoms with Crippen LogP contribution in [0.15, 0.2) is 0 Å². The zero-order valence-corrected chi connectivity index (χ0v) is 12.3. The Bertz CT molecular complexity index is 329. The van der Waals surface area contributed by atoms with Crippen LogP contribution in [0, 0.1) is 5.92 Å². The Morgan fingerprint density at radius 1 is 1.15 bits per heavy atom. The van der Waals surface area contributed by atoms with Gasteiger partial charge in [-0.25, -0.2) is 9.59 Å². The van der Waals surface area contributed by atoms with Crippen LogP contribution < -0.4 is 5.32 Å². The predicted octanol–water partition coefficient (Wildman–Crippen LogP) is 1.08. The molecule has 0 aromatic carbocycles. The fraction of sp³-hybridized carbons (Fsp3) is 0.769. The van der Waals surface area contributed by atoms with Gasteiger partial charge in [-0.3, -0.25) is 10.1 Å². The van der Waals surface area contributed by atoms with Crippen LogP contribution in [-0.2, 0) is 14.3 Å². The number of carboxylic acids is 1. The molecular weight excluding hydrogens is 264 g/mol. The van der Waals surface area contributed by atoms with E-state index in [0.29, 0.717) is 19.0 Å². The van der Waals surface area contributed by atoms with Gasteiger partial charge in [0.05, 0.1) is 0 Å². The lowest BCUT2D eigenvalue weighted by Crippen LogP contribution is -2.45. The number of nitrogens with zero attached hydrogens (tertiary/aromatic N) is 1. The number of carboxylic acid groups (broad SMARTS) is 1. The summed E-state index contributed by atoms with van der Waals surface area (Å²) in [6.45, 7) is 6.06. The van der Waals surface area contributed by atoms with Crippen molar-refractivity contribution in [1.29, 1.82) is 0 Å². The number of hydrogen-bond donors (Lipinski definition) is 2. The van der Waals surface area contributed by atoms with Gasteiger partial charge in [0.15, 0.2) is 0 Å². The maximum Gasteiger partial charge on any atom is 0.329 e. The fourth-order valence-electron chi connectivity index (χ4n) is 1.68. The lowest BCUT2D eigenvalue weighted by molar-refractivity contribution is -0.143. The molecule has 0 aliphatic rings. The van der Waals surface area contributed by atoms with Crippen molar-refractivity contribution in [1.82, 2.24) is 10.2 Å². The highest BCUT2D eigenvalue weighted by Crippen LogP contribution is 2.09. The molecule has 116 valence electrons. The monoisotopic (exact) mass is 288 g/mol. The van der Waals surface area contributed by atoms with Crippen LogP contribution in [0.3, 0.4) is 0 Å². The second-order valence-electron chi connectivity index (χ2n) is 4.46. The molecule has 20 heavy (non-hydrogen) atoms. The van der Waals surface area contributed by atoms with Crippen LogP contribution >= 0.6 is 0 Å². The van der Waals surface area contributed by atoms with E-state index in [1.165, 1.54) is 0 Å². The number of carbonyl (C=O) groups is 3. The molecule has 2 N–H and O–H groups in total. The van der Waals surface area contributed by atoms with E-state index in [2.05, 4.69) is 23.9 Å². The Morgan fingerprint density at radius 3 is 2.20 bits per heavy atom. The minimum Gasteiger partial charge on any atom is -0.480 e. The second-order valence-corrected chi connectivity index (χ2v) is 4.46. The second kappa shape index (κ2) is 10.2. The molecular formula is C13H24N2O5. The summed E-state index contributed by atoms with van der Waals surface area (Å²) in [5.74, 6) is -1.40. The highest BCUT2D eigenvalue weighted by atomic mass is 16.5. The molecule has 7 heteroatoms. The van der Waals surface area contributed by atoms with E-state index in [1.807, 2.05) is 6.92 Å². The molecule has 0 rings (SSSR count). The summed E-state index contributed by atoms with van der Waals surface area (Å²) < 4.78 is 4.61. The van der Waals surface area contributed by atoms with Crippen LogP contribution in [0.4, 0.5) is 4.79 Å². The minimum absolute atomic E-state index is 0.402. The summed E-state index contributed by atoms with van der Waals surface area (Å²) in [7, 11) is 0. The van der Waals surface area contributed by atoms with Crippen molar-refractivity contribution in [3.8, 4) is 0 Å². The van der Waals surface area contributed by atoms with Crippen LogP contribution in [-0.4, -0.2) is 54.2 Å². The highest BCUT2D eigenvalue weighted by Gasteiger charge is 2.17. The number of hydrogen-bond acceptors (Lipinski definition) is 4. The molecule has 0 spiro atoms. The van der Waals surface area contributed by atoms with Crippen LogP contribution in [0.5, 0.6) is 0 Å². The molecule has 0 fully saturated rings. The number of carbonyl (C=O) groups excluding carboxylic acids is 2.